The van der Waals surface area contributed by atoms with Gasteiger partial charge in [0.2, 0.25) is 0 Å². The van der Waals surface area contributed by atoms with Gasteiger partial charge in [-0.3, -0.25) is 0 Å². The Morgan fingerprint density at radius 3 is 1.84 bits per heavy atom. The van der Waals surface area contributed by atoms with Crippen molar-refractivity contribution in [1.82, 2.24) is 0 Å². The molecule has 0 saturated carbocycles. The molecule has 116 valence electrons. The first-order valence-electron chi connectivity index (χ1n) is 7.78. The fraction of sp³-hybridized carbons (Fsp3) is 1.00. The number of hydrogen-bond acceptors (Lipinski definition) is 2. The van der Waals surface area contributed by atoms with Crippen LogP contribution in [0.4, 0.5) is 0 Å². The van der Waals surface area contributed by atoms with Gasteiger partial charge in [0.25, 0.3) is 0 Å². The Balaban J connectivity index is 4.17. The Hall–Kier alpha value is -0.0800. The van der Waals surface area contributed by atoms with Crippen molar-refractivity contribution in [2.24, 2.45) is 11.8 Å². The zero-order valence-electron chi connectivity index (χ0n) is 14.7. The lowest BCUT2D eigenvalue weighted by atomic mass is 9.85. The molecule has 0 aromatic carbocycles. The number of hydrogen-bond donors (Lipinski definition) is 0. The van der Waals surface area contributed by atoms with E-state index in [0.717, 1.165) is 18.9 Å². The molecule has 0 aliphatic rings. The van der Waals surface area contributed by atoms with Crippen molar-refractivity contribution in [1.29, 1.82) is 0 Å². The molecule has 0 rings (SSSR count). The van der Waals surface area contributed by atoms with Crippen molar-refractivity contribution in [3.05, 3.63) is 0 Å². The van der Waals surface area contributed by atoms with E-state index < -0.39 is 0 Å². The summed E-state index contributed by atoms with van der Waals surface area (Å²) in [6.07, 6.45) is 2.41. The highest BCUT2D eigenvalue weighted by Gasteiger charge is 2.28. The summed E-state index contributed by atoms with van der Waals surface area (Å²) in [6, 6.07) is 0. The van der Waals surface area contributed by atoms with Crippen LogP contribution in [0.25, 0.3) is 0 Å². The third-order valence-corrected chi connectivity index (χ3v) is 3.74. The molecule has 0 radical (unpaired) electrons. The maximum absolute atomic E-state index is 6.13. The van der Waals surface area contributed by atoms with Crippen LogP contribution >= 0.6 is 0 Å². The second kappa shape index (κ2) is 7.64. The van der Waals surface area contributed by atoms with Gasteiger partial charge in [0.1, 0.15) is 0 Å². The summed E-state index contributed by atoms with van der Waals surface area (Å²) in [6.45, 7) is 20.4. The SMILES string of the molecule is CC(C)CC(C)C(C)(C)OCCC(C)(C)OC(C)C. The van der Waals surface area contributed by atoms with E-state index in [1.54, 1.807) is 0 Å². The standard InChI is InChI=1S/C17H36O2/c1-13(2)12-15(5)17(8,9)18-11-10-16(6,7)19-14(3)4/h13-15H,10-12H2,1-9H3. The van der Waals surface area contributed by atoms with E-state index in [1.807, 2.05) is 0 Å². The maximum Gasteiger partial charge on any atom is 0.0652 e. The van der Waals surface area contributed by atoms with E-state index in [4.69, 9.17) is 9.47 Å². The van der Waals surface area contributed by atoms with Crippen LogP contribution in [0.1, 0.15) is 75.2 Å². The average Bonchev–Trinajstić information content (AvgIpc) is 2.12. The second-order valence-electron chi connectivity index (χ2n) is 7.66. The van der Waals surface area contributed by atoms with Gasteiger partial charge in [-0.15, -0.1) is 0 Å². The monoisotopic (exact) mass is 272 g/mol. The Kier molecular flexibility index (Phi) is 7.60. The molecule has 0 bridgehead atoms. The third kappa shape index (κ3) is 8.65. The van der Waals surface area contributed by atoms with Crippen LogP contribution in [0.15, 0.2) is 0 Å². The summed E-state index contributed by atoms with van der Waals surface area (Å²) in [5, 5.41) is 0. The molecule has 0 aliphatic carbocycles. The molecular formula is C17H36O2. The van der Waals surface area contributed by atoms with Crippen molar-refractivity contribution >= 4 is 0 Å². The van der Waals surface area contributed by atoms with Crippen molar-refractivity contribution in [3.8, 4) is 0 Å². The number of rotatable bonds is 9. The molecule has 0 N–H and O–H groups in total. The molecule has 0 amide bonds. The molecule has 0 aromatic heterocycles. The van der Waals surface area contributed by atoms with Crippen LogP contribution in [-0.2, 0) is 9.47 Å². The van der Waals surface area contributed by atoms with Crippen LogP contribution < -0.4 is 0 Å². The predicted octanol–water partition coefficient (Wildman–Crippen LogP) is 5.06. The Morgan fingerprint density at radius 1 is 0.895 bits per heavy atom. The minimum Gasteiger partial charge on any atom is -0.375 e. The summed E-state index contributed by atoms with van der Waals surface area (Å²) in [4.78, 5) is 0. The van der Waals surface area contributed by atoms with Gasteiger partial charge >= 0.3 is 0 Å². The molecule has 0 saturated heterocycles. The van der Waals surface area contributed by atoms with E-state index in [2.05, 4.69) is 62.3 Å². The highest BCUT2D eigenvalue weighted by molar-refractivity contribution is 4.78. The van der Waals surface area contributed by atoms with Gasteiger partial charge < -0.3 is 9.47 Å². The lowest BCUT2D eigenvalue weighted by Crippen LogP contribution is -2.36. The largest absolute Gasteiger partial charge is 0.375 e. The van der Waals surface area contributed by atoms with Crippen molar-refractivity contribution < 1.29 is 9.47 Å². The van der Waals surface area contributed by atoms with Crippen LogP contribution in [-0.4, -0.2) is 23.9 Å². The molecule has 2 heteroatoms. The zero-order chi connectivity index (χ0) is 15.3. The van der Waals surface area contributed by atoms with Crippen LogP contribution in [0.5, 0.6) is 0 Å². The first-order chi connectivity index (χ1) is 8.46. The minimum absolute atomic E-state index is 0.0574. The summed E-state index contributed by atoms with van der Waals surface area (Å²) in [5.74, 6) is 1.29. The summed E-state index contributed by atoms with van der Waals surface area (Å²) >= 11 is 0. The van der Waals surface area contributed by atoms with Gasteiger partial charge in [0.05, 0.1) is 23.9 Å². The topological polar surface area (TPSA) is 18.5 Å². The van der Waals surface area contributed by atoms with Gasteiger partial charge in [-0.05, 0) is 66.2 Å². The van der Waals surface area contributed by atoms with Crippen LogP contribution in [0.3, 0.4) is 0 Å². The molecule has 0 heterocycles. The minimum atomic E-state index is -0.106. The molecular weight excluding hydrogens is 236 g/mol. The number of ether oxygens (including phenoxy) is 2. The molecule has 0 aliphatic heterocycles. The Labute approximate surface area is 121 Å². The van der Waals surface area contributed by atoms with Crippen LogP contribution in [0, 0.1) is 11.8 Å². The van der Waals surface area contributed by atoms with Crippen molar-refractivity contribution in [2.75, 3.05) is 6.61 Å². The first-order valence-corrected chi connectivity index (χ1v) is 7.78. The van der Waals surface area contributed by atoms with E-state index in [0.29, 0.717) is 5.92 Å². The molecule has 0 aromatic rings. The fourth-order valence-electron chi connectivity index (χ4n) is 2.39. The quantitative estimate of drug-likeness (QED) is 0.584. The van der Waals surface area contributed by atoms with E-state index >= 15 is 0 Å². The van der Waals surface area contributed by atoms with Crippen molar-refractivity contribution in [2.45, 2.75) is 92.5 Å². The molecule has 1 unspecified atom stereocenters. The molecule has 1 atom stereocenters. The second-order valence-corrected chi connectivity index (χ2v) is 7.66. The van der Waals surface area contributed by atoms with E-state index in [-0.39, 0.29) is 17.3 Å². The molecule has 2 nitrogen and oxygen atoms in total. The van der Waals surface area contributed by atoms with Gasteiger partial charge in [-0.2, -0.15) is 0 Å². The van der Waals surface area contributed by atoms with Crippen molar-refractivity contribution in [3.63, 3.8) is 0 Å². The van der Waals surface area contributed by atoms with E-state index in [9.17, 15) is 0 Å². The van der Waals surface area contributed by atoms with Gasteiger partial charge in [0.15, 0.2) is 0 Å². The summed E-state index contributed by atoms with van der Waals surface area (Å²) in [7, 11) is 0. The Morgan fingerprint density at radius 2 is 1.42 bits per heavy atom. The fourth-order valence-corrected chi connectivity index (χ4v) is 2.39. The average molecular weight is 272 g/mol. The maximum atomic E-state index is 6.13. The third-order valence-electron chi connectivity index (χ3n) is 3.74. The summed E-state index contributed by atoms with van der Waals surface area (Å²) < 4.78 is 12.0. The lowest BCUT2D eigenvalue weighted by molar-refractivity contribution is -0.105. The van der Waals surface area contributed by atoms with E-state index in [1.165, 1.54) is 6.42 Å². The first kappa shape index (κ1) is 18.9. The lowest BCUT2D eigenvalue weighted by Gasteiger charge is -2.35. The normalized spacial score (nSPS) is 15.3. The Bertz CT molecular complexity index is 242. The van der Waals surface area contributed by atoms with Gasteiger partial charge in [-0.25, -0.2) is 0 Å². The van der Waals surface area contributed by atoms with Gasteiger partial charge in [-0.1, -0.05) is 20.8 Å². The predicted molar refractivity (Wildman–Crippen MR) is 83.6 cm³/mol. The molecule has 0 spiro atoms. The zero-order valence-corrected chi connectivity index (χ0v) is 14.7. The molecule has 19 heavy (non-hydrogen) atoms. The highest BCUT2D eigenvalue weighted by atomic mass is 16.5. The smallest absolute Gasteiger partial charge is 0.0652 e. The molecule has 0 fully saturated rings. The summed E-state index contributed by atoms with van der Waals surface area (Å²) in [5.41, 5.74) is -0.163. The van der Waals surface area contributed by atoms with Gasteiger partial charge in [0, 0.05) is 0 Å². The highest BCUT2D eigenvalue weighted by Crippen LogP contribution is 2.28. The van der Waals surface area contributed by atoms with Crippen LogP contribution in [0.2, 0.25) is 0 Å².